The molecule has 2 rings (SSSR count). The van der Waals surface area contributed by atoms with Gasteiger partial charge in [-0.05, 0) is 30.0 Å². The molecule has 1 N–H and O–H groups in total. The fourth-order valence-corrected chi connectivity index (χ4v) is 1.69. The highest BCUT2D eigenvalue weighted by Gasteiger charge is 2.27. The molecule has 13 heavy (non-hydrogen) atoms. The maximum absolute atomic E-state index is 10.7. The van der Waals surface area contributed by atoms with Crippen LogP contribution in [0.3, 0.4) is 0 Å². The number of hydrogen-bond acceptors (Lipinski definition) is 2. The zero-order chi connectivity index (χ0) is 8.55. The normalized spacial score (nSPS) is 18.9. The maximum Gasteiger partial charge on any atom is 0.311 e. The number of carboxylic acids is 1. The molecular weight excluding hydrogens is 190 g/mol. The van der Waals surface area contributed by atoms with E-state index in [1.807, 2.05) is 6.07 Å². The van der Waals surface area contributed by atoms with Crippen LogP contribution in [0.15, 0.2) is 18.5 Å². The number of pyridine rings is 1. The van der Waals surface area contributed by atoms with Crippen LogP contribution in [0.25, 0.3) is 0 Å². The Morgan fingerprint density at radius 1 is 1.62 bits per heavy atom. The molecule has 1 aromatic rings. The molecule has 1 atom stereocenters. The third-order valence-corrected chi connectivity index (χ3v) is 2.32. The fourth-order valence-electron chi connectivity index (χ4n) is 1.69. The zero-order valence-electron chi connectivity index (χ0n) is 6.93. The molecule has 0 bridgehead atoms. The van der Waals surface area contributed by atoms with Crippen LogP contribution in [0.5, 0.6) is 0 Å². The van der Waals surface area contributed by atoms with Crippen molar-refractivity contribution in [2.24, 2.45) is 0 Å². The number of aromatic nitrogens is 1. The third kappa shape index (κ3) is 1.65. The highest BCUT2D eigenvalue weighted by molar-refractivity contribution is 5.85. The van der Waals surface area contributed by atoms with Gasteiger partial charge >= 0.3 is 5.97 Å². The van der Waals surface area contributed by atoms with Crippen molar-refractivity contribution in [3.63, 3.8) is 0 Å². The van der Waals surface area contributed by atoms with Crippen LogP contribution in [-0.2, 0) is 11.2 Å². The van der Waals surface area contributed by atoms with Crippen LogP contribution >= 0.6 is 12.4 Å². The molecule has 0 fully saturated rings. The lowest BCUT2D eigenvalue weighted by Gasteiger charge is -2.03. The molecule has 0 radical (unpaired) electrons. The van der Waals surface area contributed by atoms with Crippen LogP contribution in [-0.4, -0.2) is 16.1 Å². The first-order valence-electron chi connectivity index (χ1n) is 3.94. The Bertz CT molecular complexity index is 327. The van der Waals surface area contributed by atoms with Crippen LogP contribution in [0.2, 0.25) is 0 Å². The molecule has 0 amide bonds. The first-order valence-corrected chi connectivity index (χ1v) is 3.94. The Hall–Kier alpha value is -1.09. The van der Waals surface area contributed by atoms with E-state index in [9.17, 15) is 4.79 Å². The quantitative estimate of drug-likeness (QED) is 0.748. The van der Waals surface area contributed by atoms with Gasteiger partial charge in [0.1, 0.15) is 0 Å². The third-order valence-electron chi connectivity index (χ3n) is 2.32. The summed E-state index contributed by atoms with van der Waals surface area (Å²) >= 11 is 0. The predicted octanol–water partition coefficient (Wildman–Crippen LogP) is 1.62. The van der Waals surface area contributed by atoms with E-state index in [2.05, 4.69) is 4.98 Å². The van der Waals surface area contributed by atoms with Crippen molar-refractivity contribution in [2.75, 3.05) is 0 Å². The molecule has 0 spiro atoms. The summed E-state index contributed by atoms with van der Waals surface area (Å²) < 4.78 is 0. The number of rotatable bonds is 1. The summed E-state index contributed by atoms with van der Waals surface area (Å²) in [6.45, 7) is 0. The van der Waals surface area contributed by atoms with Gasteiger partial charge in [-0.1, -0.05) is 0 Å². The van der Waals surface area contributed by atoms with Crippen molar-refractivity contribution >= 4 is 18.4 Å². The first-order chi connectivity index (χ1) is 5.79. The Morgan fingerprint density at radius 2 is 2.38 bits per heavy atom. The standard InChI is InChI=1S/C9H9NO2.ClH/c11-9(12)7-2-1-6-3-4-10-5-8(6)7;/h3-5,7H,1-2H2,(H,11,12);1H. The Morgan fingerprint density at radius 3 is 3.08 bits per heavy atom. The lowest BCUT2D eigenvalue weighted by molar-refractivity contribution is -0.138. The minimum absolute atomic E-state index is 0. The number of aliphatic carboxylic acids is 1. The van der Waals surface area contributed by atoms with Crippen LogP contribution in [0.1, 0.15) is 23.5 Å². The van der Waals surface area contributed by atoms with Gasteiger partial charge in [-0.15, -0.1) is 12.4 Å². The lowest BCUT2D eigenvalue weighted by atomic mass is 10.0. The van der Waals surface area contributed by atoms with Crippen LogP contribution in [0.4, 0.5) is 0 Å². The minimum atomic E-state index is -0.734. The Labute approximate surface area is 82.2 Å². The zero-order valence-corrected chi connectivity index (χ0v) is 7.75. The molecule has 0 saturated heterocycles. The van der Waals surface area contributed by atoms with Crippen molar-refractivity contribution in [3.8, 4) is 0 Å². The second-order valence-corrected chi connectivity index (χ2v) is 3.00. The summed E-state index contributed by atoms with van der Waals surface area (Å²) in [5.74, 6) is -1.06. The number of fused-ring (bicyclic) bond motifs is 1. The smallest absolute Gasteiger partial charge is 0.311 e. The molecule has 1 aliphatic rings. The second-order valence-electron chi connectivity index (χ2n) is 3.00. The SMILES string of the molecule is Cl.O=C(O)C1CCc2ccncc21. The molecule has 1 heterocycles. The largest absolute Gasteiger partial charge is 0.481 e. The highest BCUT2D eigenvalue weighted by atomic mass is 35.5. The molecule has 0 saturated carbocycles. The second kappa shape index (κ2) is 3.75. The van der Waals surface area contributed by atoms with E-state index in [-0.39, 0.29) is 18.3 Å². The number of hydrogen-bond donors (Lipinski definition) is 1. The highest BCUT2D eigenvalue weighted by Crippen LogP contribution is 2.31. The van der Waals surface area contributed by atoms with E-state index in [0.717, 1.165) is 24.0 Å². The molecule has 4 heteroatoms. The minimum Gasteiger partial charge on any atom is -0.481 e. The molecule has 1 unspecified atom stereocenters. The predicted molar refractivity (Wildman–Crippen MR) is 50.2 cm³/mol. The van der Waals surface area contributed by atoms with Gasteiger partial charge in [0.15, 0.2) is 0 Å². The van der Waals surface area contributed by atoms with E-state index in [4.69, 9.17) is 5.11 Å². The monoisotopic (exact) mass is 199 g/mol. The van der Waals surface area contributed by atoms with Crippen LogP contribution in [0, 0.1) is 0 Å². The Balaban J connectivity index is 0.000000845. The van der Waals surface area contributed by atoms with E-state index >= 15 is 0 Å². The molecule has 0 aromatic carbocycles. The van der Waals surface area contributed by atoms with Gasteiger partial charge in [0.2, 0.25) is 0 Å². The van der Waals surface area contributed by atoms with Crippen molar-refractivity contribution in [1.82, 2.24) is 4.98 Å². The molecule has 3 nitrogen and oxygen atoms in total. The van der Waals surface area contributed by atoms with Gasteiger partial charge in [-0.25, -0.2) is 0 Å². The summed E-state index contributed by atoms with van der Waals surface area (Å²) in [5.41, 5.74) is 2.03. The molecule has 1 aromatic heterocycles. The summed E-state index contributed by atoms with van der Waals surface area (Å²) in [5, 5.41) is 8.83. The van der Waals surface area contributed by atoms with Crippen LogP contribution < -0.4 is 0 Å². The molecular formula is C9H10ClNO2. The maximum atomic E-state index is 10.7. The van der Waals surface area contributed by atoms with Crippen molar-refractivity contribution in [3.05, 3.63) is 29.6 Å². The van der Waals surface area contributed by atoms with Crippen molar-refractivity contribution in [2.45, 2.75) is 18.8 Å². The average molecular weight is 200 g/mol. The molecule has 70 valence electrons. The number of halogens is 1. The molecule has 0 aliphatic heterocycles. The Kier molecular flexibility index (Phi) is 2.88. The van der Waals surface area contributed by atoms with E-state index in [0.29, 0.717) is 0 Å². The lowest BCUT2D eigenvalue weighted by Crippen LogP contribution is -2.07. The summed E-state index contributed by atoms with van der Waals surface area (Å²) in [6.07, 6.45) is 4.97. The molecule has 1 aliphatic carbocycles. The van der Waals surface area contributed by atoms with Gasteiger partial charge < -0.3 is 5.11 Å². The first kappa shape index (κ1) is 9.99. The number of aryl methyl sites for hydroxylation is 1. The number of carboxylic acid groups (broad SMARTS) is 1. The van der Waals surface area contributed by atoms with E-state index < -0.39 is 5.97 Å². The fraction of sp³-hybridized carbons (Fsp3) is 0.333. The van der Waals surface area contributed by atoms with Gasteiger partial charge in [0.25, 0.3) is 0 Å². The number of carbonyl (C=O) groups is 1. The van der Waals surface area contributed by atoms with Gasteiger partial charge in [-0.2, -0.15) is 0 Å². The van der Waals surface area contributed by atoms with Crippen molar-refractivity contribution in [1.29, 1.82) is 0 Å². The summed E-state index contributed by atoms with van der Waals surface area (Å²) in [6, 6.07) is 1.90. The van der Waals surface area contributed by atoms with Gasteiger partial charge in [0, 0.05) is 12.4 Å². The summed E-state index contributed by atoms with van der Waals surface area (Å²) in [7, 11) is 0. The number of nitrogens with zero attached hydrogens (tertiary/aromatic N) is 1. The van der Waals surface area contributed by atoms with E-state index in [1.54, 1.807) is 12.4 Å². The van der Waals surface area contributed by atoms with Gasteiger partial charge in [-0.3, -0.25) is 9.78 Å². The van der Waals surface area contributed by atoms with Gasteiger partial charge in [0.05, 0.1) is 5.92 Å². The van der Waals surface area contributed by atoms with Crippen molar-refractivity contribution < 1.29 is 9.90 Å². The summed E-state index contributed by atoms with van der Waals surface area (Å²) in [4.78, 5) is 14.7. The topological polar surface area (TPSA) is 50.2 Å². The van der Waals surface area contributed by atoms with E-state index in [1.165, 1.54) is 0 Å². The average Bonchev–Trinajstić information content (AvgIpc) is 2.47.